The van der Waals surface area contributed by atoms with E-state index >= 15 is 0 Å². The lowest BCUT2D eigenvalue weighted by atomic mass is 9.48. The highest BCUT2D eigenvalue weighted by Crippen LogP contribution is 2.65. The molecule has 4 aliphatic rings. The Kier molecular flexibility index (Phi) is 4.65. The number of halogens is 1. The molecular weight excluding hydrogens is 360 g/mol. The van der Waals surface area contributed by atoms with Crippen molar-refractivity contribution in [2.24, 2.45) is 46.8 Å². The molecule has 138 valence electrons. The summed E-state index contributed by atoms with van der Waals surface area (Å²) in [6, 6.07) is 0. The first-order chi connectivity index (χ1) is 11.4. The number of hydrogen-bond acceptors (Lipinski definition) is 1. The van der Waals surface area contributed by atoms with Gasteiger partial charge in [0.25, 0.3) is 0 Å². The molecule has 0 amide bonds. The molecule has 4 rings (SSSR count). The normalized spacial score (nSPS) is 55.4. The Hall–Kier alpha value is 0.440. The van der Waals surface area contributed by atoms with Gasteiger partial charge in [-0.2, -0.15) is 0 Å². The number of aliphatic hydroxyl groups is 1. The maximum absolute atomic E-state index is 10.5. The van der Waals surface area contributed by atoms with E-state index in [2.05, 4.69) is 36.7 Å². The molecule has 4 aliphatic carbocycles. The minimum absolute atomic E-state index is 0.374. The van der Waals surface area contributed by atoms with E-state index in [0.29, 0.717) is 5.41 Å². The van der Waals surface area contributed by atoms with Crippen molar-refractivity contribution in [2.75, 3.05) is 5.33 Å². The molecule has 4 fully saturated rings. The molecular formula is C22H37BrO. The quantitative estimate of drug-likeness (QED) is 0.564. The zero-order valence-electron chi connectivity index (χ0n) is 15.9. The zero-order valence-corrected chi connectivity index (χ0v) is 17.5. The summed E-state index contributed by atoms with van der Waals surface area (Å²) in [5, 5.41) is 11.7. The Bertz CT molecular complexity index is 475. The van der Waals surface area contributed by atoms with Crippen LogP contribution >= 0.6 is 15.9 Å². The van der Waals surface area contributed by atoms with Gasteiger partial charge in [0, 0.05) is 5.33 Å². The van der Waals surface area contributed by atoms with Crippen LogP contribution in [0.5, 0.6) is 0 Å². The van der Waals surface area contributed by atoms with Crippen LogP contribution in [0.15, 0.2) is 0 Å². The summed E-state index contributed by atoms with van der Waals surface area (Å²) in [6.45, 7) is 7.21. The number of alkyl halides is 1. The molecule has 0 radical (unpaired) electrons. The third kappa shape index (κ3) is 2.73. The second-order valence-corrected chi connectivity index (χ2v) is 11.2. The minimum atomic E-state index is -0.374. The first kappa shape index (κ1) is 17.8. The highest BCUT2D eigenvalue weighted by atomic mass is 79.9. The van der Waals surface area contributed by atoms with Crippen LogP contribution in [0.25, 0.3) is 0 Å². The average Bonchev–Trinajstić information content (AvgIpc) is 2.90. The average molecular weight is 397 g/mol. The fourth-order valence-electron chi connectivity index (χ4n) is 8.16. The van der Waals surface area contributed by atoms with Crippen molar-refractivity contribution in [1.29, 1.82) is 0 Å². The second-order valence-electron chi connectivity index (χ2n) is 10.5. The molecule has 0 aromatic rings. The second kappa shape index (κ2) is 6.25. The monoisotopic (exact) mass is 396 g/mol. The van der Waals surface area contributed by atoms with E-state index < -0.39 is 0 Å². The fourth-order valence-corrected chi connectivity index (χ4v) is 8.62. The van der Waals surface area contributed by atoms with Gasteiger partial charge in [-0.25, -0.2) is 0 Å². The van der Waals surface area contributed by atoms with Crippen molar-refractivity contribution in [2.45, 2.75) is 84.2 Å². The first-order valence-electron chi connectivity index (χ1n) is 10.6. The van der Waals surface area contributed by atoms with E-state index in [9.17, 15) is 5.11 Å². The molecule has 1 N–H and O–H groups in total. The van der Waals surface area contributed by atoms with E-state index in [1.165, 1.54) is 50.3 Å². The third-order valence-electron chi connectivity index (χ3n) is 9.24. The van der Waals surface area contributed by atoms with Crippen LogP contribution < -0.4 is 0 Å². The maximum Gasteiger partial charge on any atom is 0.0622 e. The Morgan fingerprint density at radius 3 is 2.46 bits per heavy atom. The van der Waals surface area contributed by atoms with Crippen molar-refractivity contribution in [3.8, 4) is 0 Å². The van der Waals surface area contributed by atoms with Gasteiger partial charge in [0.05, 0.1) is 5.60 Å². The third-order valence-corrected chi connectivity index (χ3v) is 10.3. The van der Waals surface area contributed by atoms with Crippen molar-refractivity contribution in [3.05, 3.63) is 0 Å². The highest BCUT2D eigenvalue weighted by Gasteiger charge is 2.57. The van der Waals surface area contributed by atoms with E-state index in [4.69, 9.17) is 0 Å². The molecule has 4 saturated carbocycles. The number of hydrogen-bond donors (Lipinski definition) is 1. The minimum Gasteiger partial charge on any atom is -0.390 e. The van der Waals surface area contributed by atoms with Crippen molar-refractivity contribution in [1.82, 2.24) is 0 Å². The van der Waals surface area contributed by atoms with Gasteiger partial charge in [0.2, 0.25) is 0 Å². The Labute approximate surface area is 157 Å². The van der Waals surface area contributed by atoms with Crippen LogP contribution in [0.2, 0.25) is 0 Å². The van der Waals surface area contributed by atoms with Crippen LogP contribution in [0.4, 0.5) is 0 Å². The SMILES string of the molecule is CC(CBr)[C@H]1CC[C@H]2C3CC[C@H]4C[C@](C)(O)CCC4[C@H]3CC[C@]12C. The largest absolute Gasteiger partial charge is 0.390 e. The van der Waals surface area contributed by atoms with Crippen molar-refractivity contribution < 1.29 is 5.11 Å². The van der Waals surface area contributed by atoms with Crippen molar-refractivity contribution >= 4 is 15.9 Å². The van der Waals surface area contributed by atoms with Crippen LogP contribution in [-0.4, -0.2) is 16.0 Å². The first-order valence-corrected chi connectivity index (χ1v) is 11.8. The lowest BCUT2D eigenvalue weighted by Gasteiger charge is -2.57. The topological polar surface area (TPSA) is 20.2 Å². The van der Waals surface area contributed by atoms with Gasteiger partial charge in [0.15, 0.2) is 0 Å². The summed E-state index contributed by atoms with van der Waals surface area (Å²) in [7, 11) is 0. The smallest absolute Gasteiger partial charge is 0.0622 e. The summed E-state index contributed by atoms with van der Waals surface area (Å²) >= 11 is 3.77. The summed E-state index contributed by atoms with van der Waals surface area (Å²) in [6.07, 6.45) is 12.2. The summed E-state index contributed by atoms with van der Waals surface area (Å²) in [5.41, 5.74) is 0.238. The summed E-state index contributed by atoms with van der Waals surface area (Å²) in [5.74, 6) is 6.49. The van der Waals surface area contributed by atoms with Crippen LogP contribution in [-0.2, 0) is 0 Å². The molecule has 0 aliphatic heterocycles. The Morgan fingerprint density at radius 2 is 1.71 bits per heavy atom. The van der Waals surface area contributed by atoms with Crippen LogP contribution in [0.3, 0.4) is 0 Å². The van der Waals surface area contributed by atoms with Gasteiger partial charge in [-0.05, 0) is 112 Å². The zero-order chi connectivity index (χ0) is 17.1. The molecule has 2 heteroatoms. The molecule has 3 unspecified atom stereocenters. The fraction of sp³-hybridized carbons (Fsp3) is 1.00. The summed E-state index contributed by atoms with van der Waals surface area (Å²) < 4.78 is 0. The summed E-state index contributed by atoms with van der Waals surface area (Å²) in [4.78, 5) is 0. The van der Waals surface area contributed by atoms with Crippen LogP contribution in [0, 0.1) is 46.8 Å². The van der Waals surface area contributed by atoms with Gasteiger partial charge >= 0.3 is 0 Å². The predicted molar refractivity (Wildman–Crippen MR) is 104 cm³/mol. The molecule has 0 spiro atoms. The van der Waals surface area contributed by atoms with E-state index in [0.717, 1.165) is 54.3 Å². The lowest BCUT2D eigenvalue weighted by Crippen LogP contribution is -2.50. The predicted octanol–water partition coefficient (Wildman–Crippen LogP) is 6.04. The van der Waals surface area contributed by atoms with Gasteiger partial charge in [-0.3, -0.25) is 0 Å². The molecule has 1 nitrogen and oxygen atoms in total. The lowest BCUT2D eigenvalue weighted by molar-refractivity contribution is -0.102. The highest BCUT2D eigenvalue weighted by molar-refractivity contribution is 9.09. The molecule has 0 saturated heterocycles. The number of fused-ring (bicyclic) bond motifs is 5. The van der Waals surface area contributed by atoms with Gasteiger partial charge in [-0.15, -0.1) is 0 Å². The van der Waals surface area contributed by atoms with Gasteiger partial charge in [-0.1, -0.05) is 29.8 Å². The molecule has 24 heavy (non-hydrogen) atoms. The van der Waals surface area contributed by atoms with E-state index in [-0.39, 0.29) is 5.60 Å². The van der Waals surface area contributed by atoms with E-state index in [1.807, 2.05) is 0 Å². The Balaban J connectivity index is 1.53. The van der Waals surface area contributed by atoms with Gasteiger partial charge < -0.3 is 5.11 Å². The van der Waals surface area contributed by atoms with Crippen molar-refractivity contribution in [3.63, 3.8) is 0 Å². The number of rotatable bonds is 2. The standard InChI is InChI=1S/C22H37BrO/c1-14(13-23)19-6-7-20-18-5-4-15-12-21(2,24)10-8-16(15)17(18)9-11-22(19,20)3/h14-20,24H,4-13H2,1-3H3/t14?,15-,16?,17+,18?,19+,20-,21+,22+/m0/s1. The Morgan fingerprint density at radius 1 is 0.958 bits per heavy atom. The molecule has 0 heterocycles. The molecule has 0 aromatic heterocycles. The molecule has 0 bridgehead atoms. The van der Waals surface area contributed by atoms with Crippen LogP contribution in [0.1, 0.15) is 78.6 Å². The van der Waals surface area contributed by atoms with Gasteiger partial charge in [0.1, 0.15) is 0 Å². The van der Waals surface area contributed by atoms with E-state index in [1.54, 1.807) is 0 Å². The molecule has 9 atom stereocenters. The maximum atomic E-state index is 10.5. The molecule has 0 aromatic carbocycles.